The number of fused-ring (bicyclic) bond motifs is 1. The number of aromatic nitrogens is 5. The van der Waals surface area contributed by atoms with Gasteiger partial charge in [-0.05, 0) is 5.38 Å². The van der Waals surface area contributed by atoms with Gasteiger partial charge >= 0.3 is 0 Å². The number of rotatable bonds is 3. The summed E-state index contributed by atoms with van der Waals surface area (Å²) in [5.41, 5.74) is 4.45. The van der Waals surface area contributed by atoms with Crippen LogP contribution in [0.1, 0.15) is 11.3 Å². The van der Waals surface area contributed by atoms with E-state index in [-0.39, 0.29) is 0 Å². The molecule has 144 valence electrons. The van der Waals surface area contributed by atoms with Crippen molar-refractivity contribution >= 4 is 23.3 Å². The SMILES string of the molecule is O=[C-]c1cc(-c2cnn3cc(-c4cn[nH]c4)cnc23)cs1.[CH-]1CCOC1.[Fm]. The van der Waals surface area contributed by atoms with E-state index < -0.39 is 0 Å². The van der Waals surface area contributed by atoms with E-state index in [0.29, 0.717) is 4.88 Å². The summed E-state index contributed by atoms with van der Waals surface area (Å²) in [5.74, 6) is 0. The van der Waals surface area contributed by atoms with Crippen LogP contribution in [0.15, 0.2) is 42.4 Å². The fourth-order valence-corrected chi connectivity index (χ4v) is 3.28. The van der Waals surface area contributed by atoms with Crippen LogP contribution < -0.4 is 0 Å². The van der Waals surface area contributed by atoms with E-state index >= 15 is 0 Å². The molecule has 0 bridgehead atoms. The van der Waals surface area contributed by atoms with Gasteiger partial charge in [0, 0.05) is 48.2 Å². The van der Waals surface area contributed by atoms with E-state index in [1.807, 2.05) is 17.9 Å². The molecular formula is C18H15FmN5O2S-2. The molecule has 0 amide bonds. The van der Waals surface area contributed by atoms with Crippen molar-refractivity contribution < 1.29 is 9.53 Å². The van der Waals surface area contributed by atoms with Crippen LogP contribution >= 0.6 is 11.3 Å². The predicted octanol–water partition coefficient (Wildman–Crippen LogP) is 2.92. The number of nitrogens with one attached hydrogen (secondary N) is 1. The molecule has 4 aromatic heterocycles. The van der Waals surface area contributed by atoms with E-state index in [2.05, 4.69) is 26.7 Å². The normalized spacial score (nSPS) is 13.0. The minimum Gasteiger partial charge on any atom is -0.417 e. The zero-order valence-electron chi connectivity index (χ0n) is 14.0. The largest absolute Gasteiger partial charge is 0.417 e. The Hall–Kier alpha value is -3.84. The van der Waals surface area contributed by atoms with Gasteiger partial charge in [-0.3, -0.25) is 5.10 Å². The van der Waals surface area contributed by atoms with Crippen LogP contribution in [0.2, 0.25) is 0 Å². The van der Waals surface area contributed by atoms with Crippen molar-refractivity contribution in [3.8, 4) is 22.3 Å². The van der Waals surface area contributed by atoms with E-state index in [0.717, 1.165) is 47.5 Å². The second-order valence-electron chi connectivity index (χ2n) is 5.61. The molecule has 5 rings (SSSR count). The van der Waals surface area contributed by atoms with Crippen LogP contribution in [0.3, 0.4) is 0 Å². The van der Waals surface area contributed by atoms with Gasteiger partial charge in [0.2, 0.25) is 0 Å². The molecule has 0 aromatic carbocycles. The quantitative estimate of drug-likeness (QED) is 0.356. The van der Waals surface area contributed by atoms with Gasteiger partial charge < -0.3 is 16.0 Å². The standard InChI is InChI=1S/C14H8N5OS.C4H7O.Fm/c20-7-12-1-9(8-21-12)13-5-18-19-6-11(2-15-14(13)19)10-3-16-17-4-10;1-2-4-5-3-1;/h1-6,8H,(H,16,17);1H,2-4H2;/q2*-1;. The second kappa shape index (κ2) is 8.03. The Balaban J connectivity index is 0.000000306. The van der Waals surface area contributed by atoms with Crippen LogP contribution in [0, 0.1) is 6.42 Å². The molecule has 7 nitrogen and oxygen atoms in total. The van der Waals surface area contributed by atoms with E-state index in [1.54, 1.807) is 35.4 Å². The van der Waals surface area contributed by atoms with Gasteiger partial charge in [0.05, 0.1) is 12.4 Å². The van der Waals surface area contributed by atoms with Crippen LogP contribution in [0.5, 0.6) is 0 Å². The van der Waals surface area contributed by atoms with Gasteiger partial charge in [-0.2, -0.15) is 34.0 Å². The molecule has 1 aliphatic heterocycles. The number of hydrogen-bond donors (Lipinski definition) is 1. The molecule has 4 aromatic rings. The first-order chi connectivity index (χ1) is 12.8. The summed E-state index contributed by atoms with van der Waals surface area (Å²) in [4.78, 5) is 15.7. The van der Waals surface area contributed by atoms with Crippen molar-refractivity contribution in [3.05, 3.63) is 53.7 Å². The van der Waals surface area contributed by atoms with Crippen molar-refractivity contribution in [2.24, 2.45) is 0 Å². The number of ether oxygens (including phenoxy) is 1. The first-order valence-electron chi connectivity index (χ1n) is 8.04. The van der Waals surface area contributed by atoms with Crippen molar-refractivity contribution in [2.75, 3.05) is 13.2 Å². The fourth-order valence-electron chi connectivity index (χ4n) is 2.58. The maximum atomic E-state index is 10.7. The Kier molecular flexibility index (Phi) is 5.34. The number of hydrogen-bond acceptors (Lipinski definition) is 6. The van der Waals surface area contributed by atoms with Crippen LogP contribution in [0.25, 0.3) is 27.9 Å². The zero-order chi connectivity index (χ0) is 17.8. The van der Waals surface area contributed by atoms with Gasteiger partial charge in [-0.1, -0.05) is 12.2 Å². The third-order valence-corrected chi connectivity index (χ3v) is 4.73. The van der Waals surface area contributed by atoms with Crippen molar-refractivity contribution in [2.45, 2.75) is 6.42 Å². The topological polar surface area (TPSA) is 85.2 Å². The molecule has 0 spiro atoms. The minimum atomic E-state index is 0. The Morgan fingerprint density at radius 3 is 2.81 bits per heavy atom. The molecular weight excluding hydrogens is 607 g/mol. The maximum absolute atomic E-state index is 10.7. The average molecular weight is 622 g/mol. The van der Waals surface area contributed by atoms with Gasteiger partial charge in [-0.15, -0.1) is 4.88 Å². The molecule has 0 atom stereocenters. The first kappa shape index (κ1) is 18.0. The number of thiophene rings is 1. The smallest absolute Gasteiger partial charge is 0.161 e. The molecule has 9 heteroatoms. The number of aromatic amines is 1. The number of carbonyl (C=O) groups excluding carboxylic acids is 1. The van der Waals surface area contributed by atoms with E-state index in [4.69, 9.17) is 4.74 Å². The molecule has 0 unspecified atom stereocenters. The Morgan fingerprint density at radius 2 is 2.19 bits per heavy atom. The molecule has 1 N–H and O–H groups in total. The molecule has 1 aliphatic rings. The third kappa shape index (κ3) is 3.73. The minimum absolute atomic E-state index is 0. The second-order valence-corrected chi connectivity index (χ2v) is 6.52. The summed E-state index contributed by atoms with van der Waals surface area (Å²) in [6.07, 6.45) is 14.2. The van der Waals surface area contributed by atoms with Crippen molar-refractivity contribution in [3.63, 3.8) is 0 Å². The number of H-pyrrole nitrogens is 1. The molecule has 0 saturated carbocycles. The fraction of sp³-hybridized carbons (Fsp3) is 0.167. The van der Waals surface area contributed by atoms with Crippen LogP contribution in [-0.2, 0) is 9.53 Å². The predicted molar refractivity (Wildman–Crippen MR) is 98.4 cm³/mol. The van der Waals surface area contributed by atoms with Gasteiger partial charge in [0.1, 0.15) is 0 Å². The summed E-state index contributed by atoms with van der Waals surface area (Å²) in [6.45, 7) is 1.82. The van der Waals surface area contributed by atoms with Gasteiger partial charge in [0.15, 0.2) is 5.65 Å². The van der Waals surface area contributed by atoms with Gasteiger partial charge in [0.25, 0.3) is 0 Å². The Bertz CT molecular complexity index is 1000. The average Bonchev–Trinajstić information content (AvgIpc) is 3.49. The molecule has 5 heterocycles. The van der Waals surface area contributed by atoms with Gasteiger partial charge in [-0.25, -0.2) is 9.50 Å². The molecule has 1 saturated heterocycles. The van der Waals surface area contributed by atoms with Crippen molar-refractivity contribution in [1.29, 1.82) is 0 Å². The zero-order valence-corrected chi connectivity index (χ0v) is 17.3. The van der Waals surface area contributed by atoms with E-state index in [1.165, 1.54) is 11.3 Å². The first-order valence-corrected chi connectivity index (χ1v) is 8.92. The monoisotopic (exact) mass is 622 g/mol. The summed E-state index contributed by atoms with van der Waals surface area (Å²) in [6, 6.07) is 1.79. The number of nitrogens with zero attached hydrogens (tertiary/aromatic N) is 4. The molecule has 27 heavy (non-hydrogen) atoms. The molecule has 1 fully saturated rings. The van der Waals surface area contributed by atoms with Crippen molar-refractivity contribution in [1.82, 2.24) is 24.8 Å². The van der Waals surface area contributed by atoms with Crippen LogP contribution in [0.4, 0.5) is 0 Å². The molecule has 0 radical (unpaired) electrons. The Morgan fingerprint density at radius 1 is 1.26 bits per heavy atom. The summed E-state index contributed by atoms with van der Waals surface area (Å²) < 4.78 is 6.61. The third-order valence-electron chi connectivity index (χ3n) is 3.90. The van der Waals surface area contributed by atoms with E-state index in [9.17, 15) is 4.79 Å². The summed E-state index contributed by atoms with van der Waals surface area (Å²) in [5, 5.41) is 12.9. The summed E-state index contributed by atoms with van der Waals surface area (Å²) >= 11 is 1.36. The molecule has 0 aliphatic carbocycles. The summed E-state index contributed by atoms with van der Waals surface area (Å²) in [7, 11) is 0. The van der Waals surface area contributed by atoms with Crippen LogP contribution in [-0.4, -0.2) is 44.3 Å². The maximum Gasteiger partial charge on any atom is 0.161 e. The Labute approximate surface area is 153 Å².